The predicted molar refractivity (Wildman–Crippen MR) is 138 cm³/mol. The van der Waals surface area contributed by atoms with Crippen LogP contribution in [0.5, 0.6) is 6.01 Å². The molecule has 1 fully saturated rings. The van der Waals surface area contributed by atoms with Crippen molar-refractivity contribution < 1.29 is 14.3 Å². The lowest BCUT2D eigenvalue weighted by atomic mass is 10.2. The van der Waals surface area contributed by atoms with Gasteiger partial charge in [0.05, 0.1) is 31.6 Å². The van der Waals surface area contributed by atoms with Gasteiger partial charge in [-0.3, -0.25) is 9.36 Å². The minimum atomic E-state index is -0.0660. The minimum absolute atomic E-state index is 0.0660. The number of morpholine rings is 1. The van der Waals surface area contributed by atoms with Gasteiger partial charge in [0.15, 0.2) is 0 Å². The molecule has 1 aliphatic heterocycles. The number of aromatic nitrogens is 4. The summed E-state index contributed by atoms with van der Waals surface area (Å²) in [4.78, 5) is 27.5. The molecule has 4 aromatic rings. The summed E-state index contributed by atoms with van der Waals surface area (Å²) in [5.74, 6) is 0.713. The van der Waals surface area contributed by atoms with Crippen LogP contribution < -0.4 is 15.1 Å². The van der Waals surface area contributed by atoms with Crippen LogP contribution >= 0.6 is 0 Å². The zero-order chi connectivity index (χ0) is 24.7. The van der Waals surface area contributed by atoms with Crippen LogP contribution in [0, 0.1) is 0 Å². The molecule has 0 unspecified atom stereocenters. The molecular weight excluding hydrogens is 458 g/mol. The van der Waals surface area contributed by atoms with Crippen molar-refractivity contribution in [2.45, 2.75) is 13.3 Å². The van der Waals surface area contributed by atoms with Gasteiger partial charge in [0.25, 0.3) is 5.95 Å². The zero-order valence-electron chi connectivity index (χ0n) is 20.0. The highest BCUT2D eigenvalue weighted by atomic mass is 16.5. The van der Waals surface area contributed by atoms with Crippen molar-refractivity contribution in [2.75, 3.05) is 43.2 Å². The molecule has 0 radical (unpaired) electrons. The highest BCUT2D eigenvalue weighted by molar-refractivity contribution is 6.03. The second-order valence-electron chi connectivity index (χ2n) is 8.29. The summed E-state index contributed by atoms with van der Waals surface area (Å²) < 4.78 is 12.9. The SMILES string of the molecule is CC(=O)n1cc(/C=N/Nc2nc(OCCc3ccccc3)nc(N3CCOCC3)n2)c2ccccc21. The van der Waals surface area contributed by atoms with E-state index < -0.39 is 0 Å². The standard InChI is InChI=1S/C26H27N7O3/c1-19(34)33-18-21(22-9-5-6-10-23(22)33)17-27-31-24-28-25(32-12-15-35-16-13-32)30-26(29-24)36-14-11-20-7-3-2-4-8-20/h2-10,17-18H,11-16H2,1H3,(H,28,29,30,31)/b27-17+. The molecule has 2 aromatic heterocycles. The van der Waals surface area contributed by atoms with E-state index in [1.165, 1.54) is 12.5 Å². The lowest BCUT2D eigenvalue weighted by molar-refractivity contribution is 0.0941. The first-order chi connectivity index (χ1) is 17.7. The molecule has 2 aromatic carbocycles. The number of hydrazone groups is 1. The van der Waals surface area contributed by atoms with Crippen molar-refractivity contribution >= 4 is 34.9 Å². The third kappa shape index (κ3) is 5.49. The molecule has 0 spiro atoms. The van der Waals surface area contributed by atoms with Crippen molar-refractivity contribution in [2.24, 2.45) is 5.10 Å². The van der Waals surface area contributed by atoms with Crippen LogP contribution in [0.15, 0.2) is 65.9 Å². The van der Waals surface area contributed by atoms with Gasteiger partial charge in [-0.05, 0) is 11.6 Å². The van der Waals surface area contributed by atoms with Crippen LogP contribution in [-0.2, 0) is 11.2 Å². The molecular formula is C26H27N7O3. The van der Waals surface area contributed by atoms with Gasteiger partial charge in [-0.1, -0.05) is 48.5 Å². The number of hydrogen-bond acceptors (Lipinski definition) is 9. The molecule has 1 saturated heterocycles. The number of nitrogens with one attached hydrogen (secondary N) is 1. The van der Waals surface area contributed by atoms with Crippen LogP contribution in [0.1, 0.15) is 22.8 Å². The molecule has 184 valence electrons. The Hall–Kier alpha value is -4.31. The summed E-state index contributed by atoms with van der Waals surface area (Å²) in [5, 5.41) is 5.26. The molecule has 0 saturated carbocycles. The molecule has 0 amide bonds. The quantitative estimate of drug-likeness (QED) is 0.299. The Morgan fingerprint density at radius 1 is 1.08 bits per heavy atom. The van der Waals surface area contributed by atoms with Crippen LogP contribution in [0.4, 0.5) is 11.9 Å². The molecule has 10 heteroatoms. The van der Waals surface area contributed by atoms with Crippen molar-refractivity contribution in [3.05, 3.63) is 71.9 Å². The number of fused-ring (bicyclic) bond motifs is 1. The average Bonchev–Trinajstić information content (AvgIpc) is 3.29. The fourth-order valence-corrected chi connectivity index (χ4v) is 4.00. The van der Waals surface area contributed by atoms with E-state index in [1.54, 1.807) is 17.0 Å². The van der Waals surface area contributed by atoms with Gasteiger partial charge in [0, 0.05) is 43.6 Å². The van der Waals surface area contributed by atoms with E-state index in [1.807, 2.05) is 47.4 Å². The largest absolute Gasteiger partial charge is 0.463 e. The number of rotatable bonds is 8. The van der Waals surface area contributed by atoms with Gasteiger partial charge < -0.3 is 14.4 Å². The van der Waals surface area contributed by atoms with Gasteiger partial charge in [-0.2, -0.15) is 20.1 Å². The molecule has 0 atom stereocenters. The number of para-hydroxylation sites is 1. The number of carbonyl (C=O) groups excluding carboxylic acids is 1. The second-order valence-corrected chi connectivity index (χ2v) is 8.29. The fraction of sp³-hybridized carbons (Fsp3) is 0.269. The Balaban J connectivity index is 1.35. The maximum Gasteiger partial charge on any atom is 0.323 e. The monoisotopic (exact) mass is 485 g/mol. The fourth-order valence-electron chi connectivity index (χ4n) is 4.00. The first kappa shape index (κ1) is 23.4. The molecule has 5 rings (SSSR count). The van der Waals surface area contributed by atoms with Gasteiger partial charge in [-0.15, -0.1) is 0 Å². The number of benzene rings is 2. The smallest absolute Gasteiger partial charge is 0.323 e. The third-order valence-electron chi connectivity index (χ3n) is 5.81. The average molecular weight is 486 g/mol. The Labute approximate surface area is 208 Å². The van der Waals surface area contributed by atoms with E-state index in [0.717, 1.165) is 22.9 Å². The second kappa shape index (κ2) is 11.0. The third-order valence-corrected chi connectivity index (χ3v) is 5.81. The van der Waals surface area contributed by atoms with Crippen molar-refractivity contribution in [3.8, 4) is 6.01 Å². The number of nitrogens with zero attached hydrogens (tertiary/aromatic N) is 6. The van der Waals surface area contributed by atoms with E-state index >= 15 is 0 Å². The lowest BCUT2D eigenvalue weighted by Gasteiger charge is -2.26. The van der Waals surface area contributed by atoms with E-state index in [4.69, 9.17) is 9.47 Å². The van der Waals surface area contributed by atoms with E-state index in [9.17, 15) is 4.79 Å². The van der Waals surface area contributed by atoms with Crippen LogP contribution in [-0.4, -0.2) is 64.6 Å². The molecule has 36 heavy (non-hydrogen) atoms. The minimum Gasteiger partial charge on any atom is -0.463 e. The Bertz CT molecular complexity index is 1360. The van der Waals surface area contributed by atoms with E-state index in [0.29, 0.717) is 38.9 Å². The van der Waals surface area contributed by atoms with Gasteiger partial charge in [-0.25, -0.2) is 5.43 Å². The normalized spacial score (nSPS) is 13.9. The highest BCUT2D eigenvalue weighted by Crippen LogP contribution is 2.20. The first-order valence-corrected chi connectivity index (χ1v) is 11.8. The molecule has 10 nitrogen and oxygen atoms in total. The number of ether oxygens (including phenoxy) is 2. The summed E-state index contributed by atoms with van der Waals surface area (Å²) in [7, 11) is 0. The summed E-state index contributed by atoms with van der Waals surface area (Å²) in [6.07, 6.45) is 4.15. The summed E-state index contributed by atoms with van der Waals surface area (Å²) in [5.41, 5.74) is 5.70. The van der Waals surface area contributed by atoms with Crippen LogP contribution in [0.25, 0.3) is 10.9 Å². The number of anilines is 2. The van der Waals surface area contributed by atoms with Crippen molar-refractivity contribution in [3.63, 3.8) is 0 Å². The predicted octanol–water partition coefficient (Wildman–Crippen LogP) is 3.39. The topological polar surface area (TPSA) is 107 Å². The summed E-state index contributed by atoms with van der Waals surface area (Å²) in [6.45, 7) is 4.54. The number of carbonyl (C=O) groups is 1. The van der Waals surface area contributed by atoms with Gasteiger partial charge in [0.2, 0.25) is 11.9 Å². The summed E-state index contributed by atoms with van der Waals surface area (Å²) >= 11 is 0. The molecule has 0 aliphatic carbocycles. The Morgan fingerprint density at radius 3 is 2.67 bits per heavy atom. The molecule has 1 aliphatic rings. The molecule has 0 bridgehead atoms. The van der Waals surface area contributed by atoms with Crippen molar-refractivity contribution in [1.82, 2.24) is 19.5 Å². The van der Waals surface area contributed by atoms with E-state index in [-0.39, 0.29) is 17.9 Å². The van der Waals surface area contributed by atoms with Crippen molar-refractivity contribution in [1.29, 1.82) is 0 Å². The zero-order valence-corrected chi connectivity index (χ0v) is 20.0. The Kier molecular flexibility index (Phi) is 7.13. The number of hydrogen-bond donors (Lipinski definition) is 1. The van der Waals surface area contributed by atoms with Crippen LogP contribution in [0.2, 0.25) is 0 Å². The highest BCUT2D eigenvalue weighted by Gasteiger charge is 2.17. The van der Waals surface area contributed by atoms with Gasteiger partial charge >= 0.3 is 6.01 Å². The maximum absolute atomic E-state index is 12.0. The van der Waals surface area contributed by atoms with E-state index in [2.05, 4.69) is 37.6 Å². The van der Waals surface area contributed by atoms with Crippen LogP contribution in [0.3, 0.4) is 0 Å². The lowest BCUT2D eigenvalue weighted by Crippen LogP contribution is -2.37. The summed E-state index contributed by atoms with van der Waals surface area (Å²) in [6, 6.07) is 18.0. The molecule has 3 heterocycles. The molecule has 1 N–H and O–H groups in total. The maximum atomic E-state index is 12.0. The van der Waals surface area contributed by atoms with Gasteiger partial charge in [0.1, 0.15) is 0 Å². The first-order valence-electron chi connectivity index (χ1n) is 11.8. The Morgan fingerprint density at radius 2 is 1.86 bits per heavy atom.